The second-order valence-corrected chi connectivity index (χ2v) is 9.29. The molecule has 142 valence electrons. The number of benzene rings is 1. The summed E-state index contributed by atoms with van der Waals surface area (Å²) in [7, 11) is 0. The molecule has 0 saturated heterocycles. The zero-order valence-corrected chi connectivity index (χ0v) is 18.0. The summed E-state index contributed by atoms with van der Waals surface area (Å²) in [6.07, 6.45) is 0.189. The fraction of sp³-hybridized carbons (Fsp3) is 0.250. The Hall–Kier alpha value is -1.39. The van der Waals surface area contributed by atoms with E-state index >= 15 is 0 Å². The lowest BCUT2D eigenvalue weighted by atomic mass is 10.2. The number of anilines is 1. The van der Waals surface area contributed by atoms with Crippen LogP contribution in [0.5, 0.6) is 0 Å². The fourth-order valence-corrected chi connectivity index (χ4v) is 5.46. The molecule has 3 aromatic rings. The number of amides is 1. The maximum absolute atomic E-state index is 12.1. The van der Waals surface area contributed by atoms with Crippen LogP contribution in [-0.4, -0.2) is 20.7 Å². The minimum absolute atomic E-state index is 0.0619. The molecule has 27 heavy (non-hydrogen) atoms. The van der Waals surface area contributed by atoms with Gasteiger partial charge in [0.1, 0.15) is 0 Å². The van der Waals surface area contributed by atoms with Crippen molar-refractivity contribution in [2.24, 2.45) is 0 Å². The Morgan fingerprint density at radius 3 is 2.70 bits per heavy atom. The van der Waals surface area contributed by atoms with Crippen LogP contribution in [0.1, 0.15) is 17.7 Å². The summed E-state index contributed by atoms with van der Waals surface area (Å²) in [5, 5.41) is 14.2. The molecule has 2 aromatic heterocycles. The molecule has 1 N–H and O–H groups in total. The predicted molar refractivity (Wildman–Crippen MR) is 112 cm³/mol. The van der Waals surface area contributed by atoms with Gasteiger partial charge >= 0.3 is 4.87 Å². The molecule has 0 radical (unpaired) electrons. The first-order valence-corrected chi connectivity index (χ1v) is 11.2. The van der Waals surface area contributed by atoms with Crippen molar-refractivity contribution in [2.75, 3.05) is 5.32 Å². The van der Waals surface area contributed by atoms with Gasteiger partial charge in [0.25, 0.3) is 0 Å². The summed E-state index contributed by atoms with van der Waals surface area (Å²) in [5.41, 5.74) is 1.69. The number of nitrogens with one attached hydrogen (secondary N) is 1. The Morgan fingerprint density at radius 2 is 2.04 bits per heavy atom. The number of carbonyl (C=O) groups is 1. The van der Waals surface area contributed by atoms with E-state index < -0.39 is 0 Å². The lowest BCUT2D eigenvalue weighted by Crippen LogP contribution is -2.20. The number of thioether (sulfide) groups is 1. The van der Waals surface area contributed by atoms with Crippen molar-refractivity contribution in [3.05, 3.63) is 54.5 Å². The Labute approximate surface area is 177 Å². The summed E-state index contributed by atoms with van der Waals surface area (Å²) in [6.45, 7) is 2.18. The minimum atomic E-state index is -0.214. The number of halogens is 2. The van der Waals surface area contributed by atoms with E-state index in [0.29, 0.717) is 31.8 Å². The van der Waals surface area contributed by atoms with Crippen molar-refractivity contribution in [2.45, 2.75) is 30.0 Å². The maximum atomic E-state index is 12.1. The molecule has 1 amide bonds. The number of hydrogen-bond acceptors (Lipinski definition) is 7. The predicted octanol–water partition coefficient (Wildman–Crippen LogP) is 4.70. The molecule has 0 bridgehead atoms. The number of aromatic nitrogens is 3. The number of nitrogens with zero attached hydrogens (tertiary/aromatic N) is 3. The molecule has 0 aliphatic rings. The lowest BCUT2D eigenvalue weighted by molar-refractivity contribution is -0.116. The second-order valence-electron chi connectivity index (χ2n) is 5.45. The van der Waals surface area contributed by atoms with Crippen molar-refractivity contribution in [3.8, 4) is 0 Å². The minimum Gasteiger partial charge on any atom is -0.303 e. The lowest BCUT2D eigenvalue weighted by Gasteiger charge is -2.04. The van der Waals surface area contributed by atoms with Crippen LogP contribution in [0.3, 0.4) is 0 Å². The summed E-state index contributed by atoms with van der Waals surface area (Å²) < 4.78 is 2.28. The summed E-state index contributed by atoms with van der Waals surface area (Å²) in [4.78, 5) is 23.7. The van der Waals surface area contributed by atoms with E-state index in [1.165, 1.54) is 23.1 Å². The molecule has 0 aliphatic carbocycles. The molecule has 3 rings (SSSR count). The molecular weight excluding hydrogens is 447 g/mol. The van der Waals surface area contributed by atoms with Crippen molar-refractivity contribution < 1.29 is 4.79 Å². The Morgan fingerprint density at radius 1 is 1.30 bits per heavy atom. The SMILES string of the molecule is Cc1csc(=O)n1CCC(=O)Nc1nnc(SCc2c(Cl)cccc2Cl)s1. The number of rotatable bonds is 7. The first-order chi connectivity index (χ1) is 12.9. The smallest absolute Gasteiger partial charge is 0.303 e. The quantitative estimate of drug-likeness (QED) is 0.408. The van der Waals surface area contributed by atoms with E-state index in [2.05, 4.69) is 15.5 Å². The molecule has 11 heteroatoms. The van der Waals surface area contributed by atoms with Gasteiger partial charge in [0.05, 0.1) is 0 Å². The third-order valence-electron chi connectivity index (χ3n) is 3.59. The average molecular weight is 461 g/mol. The van der Waals surface area contributed by atoms with Gasteiger partial charge in [0, 0.05) is 39.8 Å². The van der Waals surface area contributed by atoms with Crippen molar-refractivity contribution in [1.29, 1.82) is 0 Å². The summed E-state index contributed by atoms with van der Waals surface area (Å²) >= 11 is 16.2. The summed E-state index contributed by atoms with van der Waals surface area (Å²) in [5.74, 6) is 0.343. The third-order valence-corrected chi connectivity index (χ3v) is 7.18. The van der Waals surface area contributed by atoms with Gasteiger partial charge in [-0.25, -0.2) is 0 Å². The first kappa shape index (κ1) is 20.3. The van der Waals surface area contributed by atoms with Gasteiger partial charge in [-0.1, -0.05) is 63.7 Å². The normalized spacial score (nSPS) is 10.9. The monoisotopic (exact) mass is 460 g/mol. The van der Waals surface area contributed by atoms with Gasteiger partial charge in [-0.2, -0.15) is 0 Å². The van der Waals surface area contributed by atoms with E-state index in [-0.39, 0.29) is 17.2 Å². The molecule has 0 atom stereocenters. The highest BCUT2D eigenvalue weighted by molar-refractivity contribution is 8.00. The highest BCUT2D eigenvalue weighted by atomic mass is 35.5. The molecule has 0 aliphatic heterocycles. The molecule has 0 fully saturated rings. The Kier molecular flexibility index (Phi) is 6.93. The van der Waals surface area contributed by atoms with Crippen LogP contribution in [-0.2, 0) is 17.1 Å². The highest BCUT2D eigenvalue weighted by Crippen LogP contribution is 2.33. The van der Waals surface area contributed by atoms with Crippen molar-refractivity contribution in [1.82, 2.24) is 14.8 Å². The molecule has 6 nitrogen and oxygen atoms in total. The second kappa shape index (κ2) is 9.20. The van der Waals surface area contributed by atoms with E-state index in [0.717, 1.165) is 22.6 Å². The highest BCUT2D eigenvalue weighted by Gasteiger charge is 2.12. The maximum Gasteiger partial charge on any atom is 0.307 e. The van der Waals surface area contributed by atoms with Crippen LogP contribution in [0.25, 0.3) is 0 Å². The first-order valence-electron chi connectivity index (χ1n) is 7.78. The van der Waals surface area contributed by atoms with Crippen molar-refractivity contribution in [3.63, 3.8) is 0 Å². The zero-order chi connectivity index (χ0) is 19.4. The van der Waals surface area contributed by atoms with Crippen LogP contribution >= 0.6 is 57.6 Å². The van der Waals surface area contributed by atoms with Gasteiger partial charge in [-0.05, 0) is 24.6 Å². The largest absolute Gasteiger partial charge is 0.307 e. The molecule has 0 unspecified atom stereocenters. The number of aryl methyl sites for hydroxylation is 1. The van der Waals surface area contributed by atoms with Gasteiger partial charge in [0.2, 0.25) is 11.0 Å². The fourth-order valence-electron chi connectivity index (χ4n) is 2.19. The van der Waals surface area contributed by atoms with Gasteiger partial charge in [-0.15, -0.1) is 10.2 Å². The number of thiazole rings is 1. The van der Waals surface area contributed by atoms with E-state index in [1.807, 2.05) is 6.92 Å². The van der Waals surface area contributed by atoms with E-state index in [9.17, 15) is 9.59 Å². The zero-order valence-electron chi connectivity index (χ0n) is 14.1. The van der Waals surface area contributed by atoms with Crippen LogP contribution in [0, 0.1) is 6.92 Å². The topological polar surface area (TPSA) is 76.9 Å². The van der Waals surface area contributed by atoms with Crippen molar-refractivity contribution >= 4 is 68.7 Å². The molecule has 0 saturated carbocycles. The van der Waals surface area contributed by atoms with Crippen LogP contribution in [0.2, 0.25) is 10.0 Å². The molecule has 1 aromatic carbocycles. The molecule has 0 spiro atoms. The standard InChI is InChI=1S/C16H14Cl2N4O2S3/c1-9-7-26-16(24)22(9)6-5-13(23)19-14-20-21-15(27-14)25-8-10-11(17)3-2-4-12(10)18/h2-4,7H,5-6,8H2,1H3,(H,19,20,23). The number of carbonyl (C=O) groups excluding carboxylic acids is 1. The Balaban J connectivity index is 1.53. The Bertz CT molecular complexity index is 995. The van der Waals surface area contributed by atoms with E-state index in [1.54, 1.807) is 28.1 Å². The number of hydrogen-bond donors (Lipinski definition) is 1. The van der Waals surface area contributed by atoms with Gasteiger partial charge < -0.3 is 9.88 Å². The average Bonchev–Trinajstić information content (AvgIpc) is 3.19. The van der Waals surface area contributed by atoms with Crippen LogP contribution < -0.4 is 10.2 Å². The third kappa shape index (κ3) is 5.32. The van der Waals surface area contributed by atoms with Crippen LogP contribution in [0.4, 0.5) is 5.13 Å². The molecule has 2 heterocycles. The van der Waals surface area contributed by atoms with Crippen LogP contribution in [0.15, 0.2) is 32.7 Å². The molecular formula is C16H14Cl2N4O2S3. The van der Waals surface area contributed by atoms with E-state index in [4.69, 9.17) is 23.2 Å². The summed E-state index contributed by atoms with van der Waals surface area (Å²) in [6, 6.07) is 5.37. The van der Waals surface area contributed by atoms with Gasteiger partial charge in [0.15, 0.2) is 4.34 Å². The van der Waals surface area contributed by atoms with Gasteiger partial charge in [-0.3, -0.25) is 9.59 Å².